The van der Waals surface area contributed by atoms with Gasteiger partial charge < -0.3 is 11.1 Å². The molecule has 1 aromatic heterocycles. The van der Waals surface area contributed by atoms with Gasteiger partial charge in [0.25, 0.3) is 5.91 Å². The molecule has 0 spiro atoms. The second kappa shape index (κ2) is 6.90. The minimum Gasteiger partial charge on any atom is -0.326 e. The van der Waals surface area contributed by atoms with Gasteiger partial charge in [0.15, 0.2) is 0 Å². The molecule has 7 heteroatoms. The predicted octanol–water partition coefficient (Wildman–Crippen LogP) is 3.51. The van der Waals surface area contributed by atoms with Gasteiger partial charge in [0.1, 0.15) is 5.82 Å². The normalized spacial score (nSPS) is 13.6. The van der Waals surface area contributed by atoms with Gasteiger partial charge in [-0.05, 0) is 42.7 Å². The molecule has 0 aliphatic heterocycles. The summed E-state index contributed by atoms with van der Waals surface area (Å²) in [7, 11) is 0. The van der Waals surface area contributed by atoms with E-state index in [1.54, 1.807) is 10.7 Å². The van der Waals surface area contributed by atoms with Crippen LogP contribution in [0.4, 0.5) is 5.69 Å². The fourth-order valence-electron chi connectivity index (χ4n) is 2.79. The van der Waals surface area contributed by atoms with Crippen molar-refractivity contribution in [3.63, 3.8) is 0 Å². The summed E-state index contributed by atoms with van der Waals surface area (Å²) < 4.78 is 1.69. The molecule has 0 unspecified atom stereocenters. The van der Waals surface area contributed by atoms with Gasteiger partial charge in [0.05, 0.1) is 10.7 Å². The summed E-state index contributed by atoms with van der Waals surface area (Å²) in [6.07, 6.45) is 2.09. The largest absolute Gasteiger partial charge is 0.326 e. The van der Waals surface area contributed by atoms with Crippen LogP contribution in [0.3, 0.4) is 0 Å². The van der Waals surface area contributed by atoms with Crippen LogP contribution in [0.25, 0.3) is 5.69 Å². The van der Waals surface area contributed by atoms with Crippen molar-refractivity contribution in [3.8, 4) is 5.69 Å². The fraction of sp³-hybridized carbons (Fsp3) is 0.211. The Kier molecular flexibility index (Phi) is 4.44. The molecule has 0 radical (unpaired) electrons. The second-order valence-electron chi connectivity index (χ2n) is 6.29. The number of nitrogens with zero attached hydrogens (tertiary/aromatic N) is 3. The van der Waals surface area contributed by atoms with E-state index in [0.29, 0.717) is 23.2 Å². The van der Waals surface area contributed by atoms with Crippen molar-refractivity contribution in [2.45, 2.75) is 25.3 Å². The highest BCUT2D eigenvalue weighted by Crippen LogP contribution is 2.40. The maximum absolute atomic E-state index is 12.6. The molecular weight excluding hydrogens is 350 g/mol. The summed E-state index contributed by atoms with van der Waals surface area (Å²) in [6.45, 7) is 0.412. The van der Waals surface area contributed by atoms with Crippen molar-refractivity contribution in [2.75, 3.05) is 5.32 Å². The van der Waals surface area contributed by atoms with Crippen LogP contribution in [-0.4, -0.2) is 20.7 Å². The van der Waals surface area contributed by atoms with Gasteiger partial charge in [-0.1, -0.05) is 35.9 Å². The minimum absolute atomic E-state index is 0.130. The number of rotatable bonds is 5. The van der Waals surface area contributed by atoms with E-state index in [2.05, 4.69) is 15.4 Å². The molecular formula is C19H18ClN5O. The van der Waals surface area contributed by atoms with Crippen LogP contribution in [0.5, 0.6) is 0 Å². The summed E-state index contributed by atoms with van der Waals surface area (Å²) in [4.78, 5) is 17.1. The predicted molar refractivity (Wildman–Crippen MR) is 101 cm³/mol. The van der Waals surface area contributed by atoms with Crippen LogP contribution in [-0.2, 0) is 6.54 Å². The Morgan fingerprint density at radius 2 is 2.04 bits per heavy atom. The molecule has 4 rings (SSSR count). The summed E-state index contributed by atoms with van der Waals surface area (Å²) >= 11 is 6.31. The van der Waals surface area contributed by atoms with E-state index in [9.17, 15) is 4.79 Å². The molecule has 1 aliphatic rings. The molecule has 6 nitrogen and oxygen atoms in total. The molecule has 132 valence electrons. The number of benzene rings is 2. The smallest absolute Gasteiger partial charge is 0.295 e. The quantitative estimate of drug-likeness (QED) is 0.722. The molecule has 0 atom stereocenters. The molecule has 3 N–H and O–H groups in total. The topological polar surface area (TPSA) is 85.8 Å². The highest BCUT2D eigenvalue weighted by Gasteiger charge is 2.32. The zero-order chi connectivity index (χ0) is 18.1. The molecule has 3 aromatic rings. The molecule has 26 heavy (non-hydrogen) atoms. The number of para-hydroxylation sites is 1. The first-order valence-corrected chi connectivity index (χ1v) is 8.85. The number of anilines is 1. The Balaban J connectivity index is 1.65. The first-order valence-electron chi connectivity index (χ1n) is 8.48. The van der Waals surface area contributed by atoms with E-state index in [4.69, 9.17) is 17.3 Å². The molecule has 2 aromatic carbocycles. The Bertz CT molecular complexity index is 964. The lowest BCUT2D eigenvalue weighted by Crippen LogP contribution is -2.14. The summed E-state index contributed by atoms with van der Waals surface area (Å²) in [5.41, 5.74) is 7.99. The fourth-order valence-corrected chi connectivity index (χ4v) is 3.01. The number of aromatic nitrogens is 3. The van der Waals surface area contributed by atoms with Gasteiger partial charge >= 0.3 is 0 Å². The number of nitrogens with two attached hydrogens (primary N) is 1. The average molecular weight is 368 g/mol. The Morgan fingerprint density at radius 3 is 2.77 bits per heavy atom. The third kappa shape index (κ3) is 3.34. The standard InChI is InChI=1S/C19H18ClN5O/c20-15-6-1-2-7-16(15)25-18(13-8-9-13)23-17(24-25)19(26)22-14-5-3-4-12(10-14)11-21/h1-7,10,13H,8-9,11,21H2,(H,22,26). The highest BCUT2D eigenvalue weighted by molar-refractivity contribution is 6.32. The first-order chi connectivity index (χ1) is 12.7. The van der Waals surface area contributed by atoms with Crippen LogP contribution >= 0.6 is 11.6 Å². The van der Waals surface area contributed by atoms with E-state index in [-0.39, 0.29) is 11.7 Å². The van der Waals surface area contributed by atoms with Gasteiger partial charge in [-0.3, -0.25) is 4.79 Å². The molecule has 1 heterocycles. The van der Waals surface area contributed by atoms with Crippen molar-refractivity contribution >= 4 is 23.2 Å². The van der Waals surface area contributed by atoms with Crippen LogP contribution in [0.1, 0.15) is 40.8 Å². The van der Waals surface area contributed by atoms with E-state index < -0.39 is 0 Å². The minimum atomic E-state index is -0.355. The second-order valence-corrected chi connectivity index (χ2v) is 6.70. The van der Waals surface area contributed by atoms with Gasteiger partial charge in [-0.15, -0.1) is 5.10 Å². The van der Waals surface area contributed by atoms with Gasteiger partial charge in [0, 0.05) is 18.2 Å². The SMILES string of the molecule is NCc1cccc(NC(=O)c2nc(C3CC3)n(-c3ccccc3Cl)n2)c1. The van der Waals surface area contributed by atoms with Crippen molar-refractivity contribution in [1.82, 2.24) is 14.8 Å². The molecule has 1 fully saturated rings. The van der Waals surface area contributed by atoms with E-state index in [1.165, 1.54) is 0 Å². The zero-order valence-corrected chi connectivity index (χ0v) is 14.8. The van der Waals surface area contributed by atoms with Crippen LogP contribution in [0.15, 0.2) is 48.5 Å². The average Bonchev–Trinajstić information content (AvgIpc) is 3.41. The number of hydrogen-bond donors (Lipinski definition) is 2. The number of hydrogen-bond acceptors (Lipinski definition) is 4. The van der Waals surface area contributed by atoms with Crippen molar-refractivity contribution < 1.29 is 4.79 Å². The zero-order valence-electron chi connectivity index (χ0n) is 14.0. The lowest BCUT2D eigenvalue weighted by Gasteiger charge is -2.06. The van der Waals surface area contributed by atoms with E-state index in [1.807, 2.05) is 42.5 Å². The van der Waals surface area contributed by atoms with Crippen molar-refractivity contribution in [1.29, 1.82) is 0 Å². The first kappa shape index (κ1) is 16.8. The maximum atomic E-state index is 12.6. The maximum Gasteiger partial charge on any atom is 0.295 e. The highest BCUT2D eigenvalue weighted by atomic mass is 35.5. The van der Waals surface area contributed by atoms with Crippen molar-refractivity contribution in [3.05, 3.63) is 70.8 Å². The Labute approximate surface area is 156 Å². The number of carbonyl (C=O) groups is 1. The summed E-state index contributed by atoms with van der Waals surface area (Å²) in [5.74, 6) is 0.872. The molecule has 1 amide bonds. The molecule has 1 saturated carbocycles. The number of nitrogens with one attached hydrogen (secondary N) is 1. The lowest BCUT2D eigenvalue weighted by molar-refractivity contribution is 0.101. The Morgan fingerprint density at radius 1 is 1.23 bits per heavy atom. The number of amides is 1. The molecule has 1 aliphatic carbocycles. The number of carbonyl (C=O) groups excluding carboxylic acids is 1. The molecule has 0 saturated heterocycles. The third-order valence-corrected chi connectivity index (χ3v) is 4.60. The van der Waals surface area contributed by atoms with Crippen LogP contribution in [0, 0.1) is 0 Å². The third-order valence-electron chi connectivity index (χ3n) is 4.28. The monoisotopic (exact) mass is 367 g/mol. The summed E-state index contributed by atoms with van der Waals surface area (Å²) in [5, 5.41) is 7.83. The van der Waals surface area contributed by atoms with E-state index in [0.717, 1.165) is 29.9 Å². The van der Waals surface area contributed by atoms with Gasteiger partial charge in [0.2, 0.25) is 5.82 Å². The molecule has 0 bridgehead atoms. The van der Waals surface area contributed by atoms with Crippen LogP contribution in [0.2, 0.25) is 5.02 Å². The number of halogens is 1. The lowest BCUT2D eigenvalue weighted by atomic mass is 10.2. The van der Waals surface area contributed by atoms with Gasteiger partial charge in [-0.2, -0.15) is 0 Å². The van der Waals surface area contributed by atoms with Crippen molar-refractivity contribution in [2.24, 2.45) is 5.73 Å². The Hall–Kier alpha value is -2.70. The summed E-state index contributed by atoms with van der Waals surface area (Å²) in [6, 6.07) is 14.8. The van der Waals surface area contributed by atoms with Gasteiger partial charge in [-0.25, -0.2) is 9.67 Å². The van der Waals surface area contributed by atoms with E-state index >= 15 is 0 Å². The van der Waals surface area contributed by atoms with Crippen LogP contribution < -0.4 is 11.1 Å².